The van der Waals surface area contributed by atoms with Gasteiger partial charge < -0.3 is 0 Å². The van der Waals surface area contributed by atoms with Gasteiger partial charge in [0.1, 0.15) is 7.63 Å². The molecule has 6 heteroatoms. The fraction of sp³-hybridized carbons (Fsp3) is 0. The van der Waals surface area contributed by atoms with Gasteiger partial charge >= 0.3 is 0 Å². The van der Waals surface area contributed by atoms with Crippen LogP contribution >= 0.6 is 47.8 Å². The molecule has 0 amide bonds. The summed E-state index contributed by atoms with van der Waals surface area (Å²) in [4.78, 5) is 0. The molecule has 0 unspecified atom stereocenters. The summed E-state index contributed by atoms with van der Waals surface area (Å²) in [5.41, 5.74) is 0. The van der Waals surface area contributed by atoms with Crippen LogP contribution in [0.5, 0.6) is 0 Å². The van der Waals surface area contributed by atoms with Gasteiger partial charge in [0.2, 0.25) is 9.84 Å². The van der Waals surface area contributed by atoms with Crippen LogP contribution in [0.3, 0.4) is 0 Å². The van der Waals surface area contributed by atoms with Crippen LogP contribution in [0.1, 0.15) is 0 Å². The summed E-state index contributed by atoms with van der Waals surface area (Å²) in [5, 5.41) is 0. The first-order valence-corrected chi connectivity index (χ1v) is 6.00. The minimum atomic E-state index is -3.23. The molecule has 1 aliphatic rings. The van der Waals surface area contributed by atoms with Crippen molar-refractivity contribution in [2.24, 2.45) is 0 Å². The monoisotopic (exact) mass is 350 g/mol. The first-order chi connectivity index (χ1) is 4.46. The largest absolute Gasteiger partial charge is 0.220 e. The summed E-state index contributed by atoms with van der Waals surface area (Å²) in [5.74, 6) is 0. The first-order valence-electron chi connectivity index (χ1n) is 2.14. The van der Waals surface area contributed by atoms with Gasteiger partial charge in [-0.2, -0.15) is 0 Å². The van der Waals surface area contributed by atoms with Gasteiger partial charge in [-0.25, -0.2) is 8.42 Å². The van der Waals surface area contributed by atoms with Crippen LogP contribution in [0.15, 0.2) is 18.2 Å². The van der Waals surface area contributed by atoms with Gasteiger partial charge in [0, 0.05) is 4.48 Å². The number of halogens is 3. The number of hydrogen-bond acceptors (Lipinski definition) is 2. The van der Waals surface area contributed by atoms with E-state index < -0.39 is 9.84 Å². The molecule has 1 rings (SSSR count). The molecule has 56 valence electrons. The lowest BCUT2D eigenvalue weighted by atomic mass is 10.6. The molecule has 0 spiro atoms. The van der Waals surface area contributed by atoms with E-state index in [1.165, 1.54) is 6.08 Å². The van der Waals surface area contributed by atoms with Crippen LogP contribution in [-0.4, -0.2) is 8.42 Å². The minimum absolute atomic E-state index is 0.173. The Bertz CT molecular complexity index is 324. The maximum Gasteiger partial charge on any atom is 0.220 e. The summed E-state index contributed by atoms with van der Waals surface area (Å²) < 4.78 is 23.0. The molecule has 0 aromatic heterocycles. The van der Waals surface area contributed by atoms with Gasteiger partial charge in [-0.05, 0) is 53.9 Å². The highest BCUT2D eigenvalue weighted by Crippen LogP contribution is 2.39. The van der Waals surface area contributed by atoms with Crippen molar-refractivity contribution in [2.75, 3.05) is 0 Å². The van der Waals surface area contributed by atoms with Crippen LogP contribution in [-0.2, 0) is 9.84 Å². The van der Waals surface area contributed by atoms with Crippen molar-refractivity contribution in [3.63, 3.8) is 0 Å². The highest BCUT2D eigenvalue weighted by Gasteiger charge is 2.27. The zero-order chi connectivity index (χ0) is 7.94. The topological polar surface area (TPSA) is 34.1 Å². The molecule has 0 atom stereocenters. The molecule has 0 radical (unpaired) electrons. The zero-order valence-electron chi connectivity index (χ0n) is 4.44. The van der Waals surface area contributed by atoms with Crippen molar-refractivity contribution < 1.29 is 8.42 Å². The van der Waals surface area contributed by atoms with Gasteiger partial charge in [-0.3, -0.25) is 0 Å². The second-order valence-electron chi connectivity index (χ2n) is 1.57. The third kappa shape index (κ3) is 1.26. The quantitative estimate of drug-likeness (QED) is 0.671. The lowest BCUT2D eigenvalue weighted by Gasteiger charge is -1.91. The third-order valence-corrected chi connectivity index (χ3v) is 6.88. The SMILES string of the molecule is O=S1(=O)C(Br)=CC(Br)=C1Br. The molecule has 0 N–H and O–H groups in total. The number of sulfone groups is 1. The van der Waals surface area contributed by atoms with E-state index in [-0.39, 0.29) is 7.63 Å². The zero-order valence-corrected chi connectivity index (χ0v) is 10.0. The summed E-state index contributed by atoms with van der Waals surface area (Å²) >= 11 is 8.91. The van der Waals surface area contributed by atoms with E-state index in [0.717, 1.165) is 0 Å². The van der Waals surface area contributed by atoms with E-state index in [4.69, 9.17) is 0 Å². The fourth-order valence-corrected chi connectivity index (χ4v) is 4.54. The van der Waals surface area contributed by atoms with Gasteiger partial charge in [0.05, 0.1) is 0 Å². The molecule has 0 bridgehead atoms. The smallest absolute Gasteiger partial charge is 0.217 e. The van der Waals surface area contributed by atoms with E-state index in [0.29, 0.717) is 4.48 Å². The summed E-state index contributed by atoms with van der Waals surface area (Å²) in [6.45, 7) is 0. The van der Waals surface area contributed by atoms with Gasteiger partial charge in [0.15, 0.2) is 0 Å². The standard InChI is InChI=1S/C4HBr3O2S/c5-2-1-3(6)10(8,9)4(2)7/h1H. The van der Waals surface area contributed by atoms with E-state index >= 15 is 0 Å². The predicted octanol–water partition coefficient (Wildman–Crippen LogP) is 2.61. The highest BCUT2D eigenvalue weighted by molar-refractivity contribution is 9.17. The van der Waals surface area contributed by atoms with Crippen molar-refractivity contribution >= 4 is 57.6 Å². The average Bonchev–Trinajstić information content (AvgIpc) is 1.97. The molecule has 0 aromatic rings. The Morgan fingerprint density at radius 2 is 1.70 bits per heavy atom. The molecule has 1 aliphatic heterocycles. The van der Waals surface area contributed by atoms with Crippen molar-refractivity contribution in [2.45, 2.75) is 0 Å². The Kier molecular flexibility index (Phi) is 2.45. The van der Waals surface area contributed by atoms with Crippen molar-refractivity contribution in [3.8, 4) is 0 Å². The van der Waals surface area contributed by atoms with Gasteiger partial charge in [0.25, 0.3) is 0 Å². The second-order valence-corrected chi connectivity index (χ2v) is 6.98. The van der Waals surface area contributed by atoms with E-state index in [1.807, 2.05) is 0 Å². The number of allylic oxidation sites excluding steroid dienone is 2. The molecule has 0 fully saturated rings. The number of hydrogen-bond donors (Lipinski definition) is 0. The minimum Gasteiger partial charge on any atom is -0.217 e. The molecular formula is C4HBr3O2S. The van der Waals surface area contributed by atoms with Crippen molar-refractivity contribution in [3.05, 3.63) is 18.2 Å². The molecule has 10 heavy (non-hydrogen) atoms. The summed E-state index contributed by atoms with van der Waals surface area (Å²) in [6, 6.07) is 0. The Balaban J connectivity index is 3.39. The molecule has 0 aliphatic carbocycles. The fourth-order valence-electron chi connectivity index (χ4n) is 0.448. The normalized spacial score (nSPS) is 23.3. The van der Waals surface area contributed by atoms with E-state index in [2.05, 4.69) is 47.8 Å². The molecule has 2 nitrogen and oxygen atoms in total. The van der Waals surface area contributed by atoms with Crippen molar-refractivity contribution in [1.82, 2.24) is 0 Å². The molecule has 0 aromatic carbocycles. The lowest BCUT2D eigenvalue weighted by molar-refractivity contribution is 0.612. The predicted molar refractivity (Wildman–Crippen MR) is 50.8 cm³/mol. The second kappa shape index (κ2) is 2.73. The Morgan fingerprint density at radius 3 is 1.80 bits per heavy atom. The molecule has 0 saturated carbocycles. The van der Waals surface area contributed by atoms with Crippen LogP contribution in [0, 0.1) is 0 Å². The van der Waals surface area contributed by atoms with Crippen LogP contribution < -0.4 is 0 Å². The molecular weight excluding hydrogens is 352 g/mol. The third-order valence-electron chi connectivity index (χ3n) is 0.921. The molecule has 0 saturated heterocycles. The Morgan fingerprint density at radius 1 is 1.20 bits per heavy atom. The maximum atomic E-state index is 11.1. The maximum absolute atomic E-state index is 11.1. The van der Waals surface area contributed by atoms with Gasteiger partial charge in [-0.15, -0.1) is 0 Å². The van der Waals surface area contributed by atoms with E-state index in [9.17, 15) is 8.42 Å². The van der Waals surface area contributed by atoms with E-state index in [1.54, 1.807) is 0 Å². The Hall–Kier alpha value is 0.870. The van der Waals surface area contributed by atoms with Crippen LogP contribution in [0.25, 0.3) is 0 Å². The number of rotatable bonds is 0. The highest BCUT2D eigenvalue weighted by atomic mass is 79.9. The summed E-state index contributed by atoms with van der Waals surface area (Å²) in [6.07, 6.45) is 1.49. The lowest BCUT2D eigenvalue weighted by Crippen LogP contribution is -1.92. The van der Waals surface area contributed by atoms with Crippen LogP contribution in [0.2, 0.25) is 0 Å². The summed E-state index contributed by atoms with van der Waals surface area (Å²) in [7, 11) is -3.23. The van der Waals surface area contributed by atoms with Crippen molar-refractivity contribution in [1.29, 1.82) is 0 Å². The average molecular weight is 353 g/mol. The van der Waals surface area contributed by atoms with Crippen LogP contribution in [0.4, 0.5) is 0 Å². The molecule has 1 heterocycles. The first kappa shape index (κ1) is 8.96. The van der Waals surface area contributed by atoms with Gasteiger partial charge in [-0.1, -0.05) is 0 Å². The Labute approximate surface area is 83.7 Å².